The van der Waals surface area contributed by atoms with E-state index in [1.54, 1.807) is 16.4 Å². The largest absolute Gasteiger partial charge is 0.444 e. The number of carbonyl (C=O) groups excluding carboxylic acids is 1. The third-order valence-corrected chi connectivity index (χ3v) is 5.49. The van der Waals surface area contributed by atoms with Crippen LogP contribution in [0.5, 0.6) is 0 Å². The summed E-state index contributed by atoms with van der Waals surface area (Å²) in [4.78, 5) is 19.7. The second-order valence-electron chi connectivity index (χ2n) is 6.14. The Hall–Kier alpha value is -1.93. The fraction of sp³-hybridized carbons (Fsp3) is 0.533. The molecule has 2 aromatic heterocycles. The number of aromatic nitrogens is 3. The van der Waals surface area contributed by atoms with Gasteiger partial charge >= 0.3 is 6.09 Å². The molecule has 2 aromatic rings. The molecule has 8 heteroatoms. The second-order valence-corrected chi connectivity index (χ2v) is 6.99. The number of nitrogens with one attached hydrogen (secondary N) is 1. The molecule has 1 amide bonds. The van der Waals surface area contributed by atoms with E-state index in [1.807, 2.05) is 13.2 Å². The van der Waals surface area contributed by atoms with Crippen LogP contribution in [0.15, 0.2) is 17.9 Å². The number of piperidine rings is 3. The zero-order valence-electron chi connectivity index (χ0n) is 12.9. The zero-order chi connectivity index (χ0) is 15.8. The maximum atomic E-state index is 12.2. The summed E-state index contributed by atoms with van der Waals surface area (Å²) in [6, 6.07) is 0. The number of amides is 1. The highest BCUT2D eigenvalue weighted by Gasteiger charge is 2.36. The highest BCUT2D eigenvalue weighted by molar-refractivity contribution is 7.13. The first-order valence-corrected chi connectivity index (χ1v) is 8.69. The van der Waals surface area contributed by atoms with E-state index in [4.69, 9.17) is 4.74 Å². The van der Waals surface area contributed by atoms with Gasteiger partial charge in [-0.25, -0.2) is 9.78 Å². The minimum Gasteiger partial charge on any atom is -0.444 e. The number of fused-ring (bicyclic) bond motifs is 3. The minimum atomic E-state index is -0.417. The average molecular weight is 333 g/mol. The van der Waals surface area contributed by atoms with Crippen molar-refractivity contribution in [2.45, 2.75) is 18.9 Å². The summed E-state index contributed by atoms with van der Waals surface area (Å²) in [5.41, 5.74) is 2.65. The Bertz CT molecular complexity index is 704. The van der Waals surface area contributed by atoms with E-state index >= 15 is 0 Å². The lowest BCUT2D eigenvalue weighted by Gasteiger charge is -2.43. The Morgan fingerprint density at radius 1 is 1.43 bits per heavy atom. The van der Waals surface area contributed by atoms with Crippen LogP contribution >= 0.6 is 11.3 Å². The maximum Gasteiger partial charge on any atom is 0.413 e. The van der Waals surface area contributed by atoms with Crippen LogP contribution in [0, 0.1) is 5.92 Å². The van der Waals surface area contributed by atoms with E-state index in [1.165, 1.54) is 11.3 Å². The summed E-state index contributed by atoms with van der Waals surface area (Å²) < 4.78 is 7.37. The molecule has 2 bridgehead atoms. The number of hydrogen-bond donors (Lipinski definition) is 1. The standard InChI is InChI=1S/C15H19N5O2S/c1-19-7-11(6-17-19)13-14(16-9-23-13)18-15(21)22-12-8-20-4-2-10(12)3-5-20/h6-7,9-10,12H,2-5,8H2,1H3,(H,18,21)/t12-/m0/s1. The molecular formula is C15H19N5O2S. The van der Waals surface area contributed by atoms with Crippen molar-refractivity contribution in [3.8, 4) is 10.4 Å². The summed E-state index contributed by atoms with van der Waals surface area (Å²) >= 11 is 1.47. The van der Waals surface area contributed by atoms with Crippen molar-refractivity contribution < 1.29 is 9.53 Å². The summed E-state index contributed by atoms with van der Waals surface area (Å²) in [6.45, 7) is 3.11. The summed E-state index contributed by atoms with van der Waals surface area (Å²) in [6.07, 6.45) is 5.48. The molecule has 0 spiro atoms. The van der Waals surface area contributed by atoms with Gasteiger partial charge in [0.05, 0.1) is 16.6 Å². The van der Waals surface area contributed by atoms with Crippen LogP contribution in [-0.4, -0.2) is 51.5 Å². The van der Waals surface area contributed by atoms with Crippen LogP contribution in [0.3, 0.4) is 0 Å². The Morgan fingerprint density at radius 3 is 2.91 bits per heavy atom. The van der Waals surface area contributed by atoms with Gasteiger partial charge in [0.1, 0.15) is 6.10 Å². The first-order chi connectivity index (χ1) is 11.2. The van der Waals surface area contributed by atoms with Crippen molar-refractivity contribution in [2.75, 3.05) is 25.0 Å². The van der Waals surface area contributed by atoms with Gasteiger partial charge in [0.2, 0.25) is 0 Å². The molecule has 1 atom stereocenters. The summed E-state index contributed by atoms with van der Waals surface area (Å²) in [7, 11) is 1.86. The average Bonchev–Trinajstić information content (AvgIpc) is 3.17. The third kappa shape index (κ3) is 2.96. The van der Waals surface area contributed by atoms with Crippen LogP contribution in [0.2, 0.25) is 0 Å². The Balaban J connectivity index is 1.42. The molecule has 7 nitrogen and oxygen atoms in total. The summed E-state index contributed by atoms with van der Waals surface area (Å²) in [5.74, 6) is 1.04. The molecule has 3 aliphatic heterocycles. The summed E-state index contributed by atoms with van der Waals surface area (Å²) in [5, 5.41) is 6.95. The van der Waals surface area contributed by atoms with Gasteiger partial charge in [-0.1, -0.05) is 0 Å². The zero-order valence-corrected chi connectivity index (χ0v) is 13.8. The molecule has 23 heavy (non-hydrogen) atoms. The topological polar surface area (TPSA) is 72.3 Å². The van der Waals surface area contributed by atoms with Gasteiger partial charge in [-0.2, -0.15) is 5.10 Å². The Kier molecular flexibility index (Phi) is 3.78. The second kappa shape index (κ2) is 5.93. The number of rotatable bonds is 3. The number of ether oxygens (including phenoxy) is 1. The predicted octanol–water partition coefficient (Wildman–Crippen LogP) is 2.19. The van der Waals surface area contributed by atoms with Gasteiger partial charge in [0.15, 0.2) is 5.82 Å². The molecule has 3 saturated heterocycles. The van der Waals surface area contributed by atoms with Gasteiger partial charge in [-0.05, 0) is 31.8 Å². The fourth-order valence-corrected chi connectivity index (χ4v) is 4.11. The van der Waals surface area contributed by atoms with E-state index in [0.29, 0.717) is 11.7 Å². The molecule has 3 aliphatic rings. The van der Waals surface area contributed by atoms with E-state index in [9.17, 15) is 4.79 Å². The van der Waals surface area contributed by atoms with E-state index in [0.717, 1.165) is 42.9 Å². The van der Waals surface area contributed by atoms with Crippen LogP contribution in [0.4, 0.5) is 10.6 Å². The monoisotopic (exact) mass is 333 g/mol. The quantitative estimate of drug-likeness (QED) is 0.932. The molecule has 0 radical (unpaired) electrons. The van der Waals surface area contributed by atoms with Crippen LogP contribution in [0.1, 0.15) is 12.8 Å². The normalized spacial score (nSPS) is 26.2. The SMILES string of the molecule is Cn1cc(-c2scnc2NC(=O)O[C@H]2CN3CCC2CC3)cn1. The lowest BCUT2D eigenvalue weighted by atomic mass is 9.86. The lowest BCUT2D eigenvalue weighted by Crippen LogP contribution is -2.52. The van der Waals surface area contributed by atoms with Crippen LogP contribution in [0.25, 0.3) is 10.4 Å². The first kappa shape index (κ1) is 14.6. The van der Waals surface area contributed by atoms with Gasteiger partial charge in [0, 0.05) is 25.4 Å². The van der Waals surface area contributed by atoms with Crippen LogP contribution in [-0.2, 0) is 11.8 Å². The molecule has 3 fully saturated rings. The van der Waals surface area contributed by atoms with E-state index < -0.39 is 6.09 Å². The first-order valence-electron chi connectivity index (χ1n) is 7.81. The predicted molar refractivity (Wildman–Crippen MR) is 87.4 cm³/mol. The van der Waals surface area contributed by atoms with Crippen LogP contribution < -0.4 is 5.32 Å². The number of hydrogen-bond acceptors (Lipinski definition) is 6. The van der Waals surface area contributed by atoms with Crippen molar-refractivity contribution >= 4 is 23.2 Å². The smallest absolute Gasteiger partial charge is 0.413 e. The lowest BCUT2D eigenvalue weighted by molar-refractivity contribution is -0.0290. The van der Waals surface area contributed by atoms with Gasteiger partial charge in [0.25, 0.3) is 0 Å². The molecule has 0 saturated carbocycles. The van der Waals surface area contributed by atoms with E-state index in [-0.39, 0.29) is 6.10 Å². The molecule has 1 N–H and O–H groups in total. The van der Waals surface area contributed by atoms with Gasteiger partial charge < -0.3 is 4.74 Å². The van der Waals surface area contributed by atoms with Crippen molar-refractivity contribution in [3.05, 3.63) is 17.9 Å². The molecule has 0 aromatic carbocycles. The van der Waals surface area contributed by atoms with Gasteiger partial charge in [-0.15, -0.1) is 11.3 Å². The Labute approximate surface area is 138 Å². The van der Waals surface area contributed by atoms with Crippen molar-refractivity contribution in [1.82, 2.24) is 19.7 Å². The molecule has 0 unspecified atom stereocenters. The fourth-order valence-electron chi connectivity index (χ4n) is 3.39. The van der Waals surface area contributed by atoms with E-state index in [2.05, 4.69) is 20.3 Å². The van der Waals surface area contributed by atoms with Gasteiger partial charge in [-0.3, -0.25) is 14.9 Å². The molecule has 5 rings (SSSR count). The number of carbonyl (C=O) groups is 1. The number of thiazole rings is 1. The molecule has 5 heterocycles. The maximum absolute atomic E-state index is 12.2. The highest BCUT2D eigenvalue weighted by atomic mass is 32.1. The minimum absolute atomic E-state index is 0.00187. The number of aryl methyl sites for hydroxylation is 1. The van der Waals surface area contributed by atoms with Crippen molar-refractivity contribution in [1.29, 1.82) is 0 Å². The third-order valence-electron chi connectivity index (χ3n) is 4.61. The highest BCUT2D eigenvalue weighted by Crippen LogP contribution is 2.32. The van der Waals surface area contributed by atoms with Crippen molar-refractivity contribution in [3.63, 3.8) is 0 Å². The molecule has 0 aliphatic carbocycles. The van der Waals surface area contributed by atoms with Crippen molar-refractivity contribution in [2.24, 2.45) is 13.0 Å². The molecule has 122 valence electrons. The Morgan fingerprint density at radius 2 is 2.26 bits per heavy atom. The number of anilines is 1. The number of nitrogens with zero attached hydrogens (tertiary/aromatic N) is 4. The molecular weight excluding hydrogens is 314 g/mol.